The zero-order chi connectivity index (χ0) is 10.2. The minimum absolute atomic E-state index is 0.420. The third kappa shape index (κ3) is 3.53. The molecule has 0 unspecified atom stereocenters. The SMILES string of the molecule is CCOc1ncc(C=CCCN)cn1. The molecule has 0 amide bonds. The molecule has 1 aromatic rings. The van der Waals surface area contributed by atoms with Crippen LogP contribution in [0, 0.1) is 0 Å². The summed E-state index contributed by atoms with van der Waals surface area (Å²) in [6.07, 6.45) is 8.27. The molecule has 0 spiro atoms. The second-order valence-corrected chi connectivity index (χ2v) is 2.71. The molecular formula is C10H15N3O. The molecule has 2 N–H and O–H groups in total. The summed E-state index contributed by atoms with van der Waals surface area (Å²) < 4.78 is 5.12. The average Bonchev–Trinajstić information content (AvgIpc) is 2.21. The monoisotopic (exact) mass is 193 g/mol. The van der Waals surface area contributed by atoms with Crippen LogP contribution in [0.4, 0.5) is 0 Å². The van der Waals surface area contributed by atoms with E-state index in [1.54, 1.807) is 12.4 Å². The van der Waals surface area contributed by atoms with Gasteiger partial charge in [-0.3, -0.25) is 0 Å². The second kappa shape index (κ2) is 6.10. The standard InChI is InChI=1S/C10H15N3O/c1-2-14-10-12-7-9(8-13-10)5-3-4-6-11/h3,5,7-8H,2,4,6,11H2,1H3. The maximum absolute atomic E-state index is 5.35. The highest BCUT2D eigenvalue weighted by Gasteiger charge is 1.93. The molecule has 0 atom stereocenters. The van der Waals surface area contributed by atoms with Crippen LogP contribution >= 0.6 is 0 Å². The van der Waals surface area contributed by atoms with Gasteiger partial charge in [-0.25, -0.2) is 9.97 Å². The number of aromatic nitrogens is 2. The Morgan fingerprint density at radius 1 is 1.43 bits per heavy atom. The summed E-state index contributed by atoms with van der Waals surface area (Å²) in [4.78, 5) is 8.06. The summed E-state index contributed by atoms with van der Waals surface area (Å²) in [5.74, 6) is 0. The second-order valence-electron chi connectivity index (χ2n) is 2.71. The molecule has 0 bridgehead atoms. The fourth-order valence-electron chi connectivity index (χ4n) is 0.932. The van der Waals surface area contributed by atoms with E-state index in [0.29, 0.717) is 19.2 Å². The summed E-state index contributed by atoms with van der Waals surface area (Å²) in [7, 11) is 0. The van der Waals surface area contributed by atoms with Crippen LogP contribution < -0.4 is 10.5 Å². The van der Waals surface area contributed by atoms with Crippen LogP contribution in [0.25, 0.3) is 6.08 Å². The van der Waals surface area contributed by atoms with Crippen molar-refractivity contribution in [2.24, 2.45) is 5.73 Å². The molecule has 1 aromatic heterocycles. The van der Waals surface area contributed by atoms with E-state index in [1.165, 1.54) is 0 Å². The molecule has 4 heteroatoms. The van der Waals surface area contributed by atoms with Gasteiger partial charge in [-0.05, 0) is 19.9 Å². The van der Waals surface area contributed by atoms with Gasteiger partial charge >= 0.3 is 6.01 Å². The molecule has 0 aliphatic heterocycles. The van der Waals surface area contributed by atoms with Gasteiger partial charge in [0.2, 0.25) is 0 Å². The topological polar surface area (TPSA) is 61.0 Å². The molecule has 0 aliphatic rings. The molecule has 0 saturated heterocycles. The Labute approximate surface area is 83.8 Å². The van der Waals surface area contributed by atoms with Crippen LogP contribution in [0.3, 0.4) is 0 Å². The molecule has 0 radical (unpaired) electrons. The maximum Gasteiger partial charge on any atom is 0.316 e. The predicted molar refractivity (Wildman–Crippen MR) is 55.9 cm³/mol. The summed E-state index contributed by atoms with van der Waals surface area (Å²) in [5.41, 5.74) is 6.31. The molecule has 1 heterocycles. The van der Waals surface area contributed by atoms with E-state index in [0.717, 1.165) is 12.0 Å². The number of hydrogen-bond acceptors (Lipinski definition) is 4. The lowest BCUT2D eigenvalue weighted by atomic mass is 10.3. The summed E-state index contributed by atoms with van der Waals surface area (Å²) in [6, 6.07) is 0.420. The number of rotatable bonds is 5. The molecule has 0 aromatic carbocycles. The van der Waals surface area contributed by atoms with E-state index >= 15 is 0 Å². The predicted octanol–water partition coefficient (Wildman–Crippen LogP) is 1.24. The molecular weight excluding hydrogens is 178 g/mol. The maximum atomic E-state index is 5.35. The minimum Gasteiger partial charge on any atom is -0.464 e. The van der Waals surface area contributed by atoms with Gasteiger partial charge < -0.3 is 10.5 Å². The van der Waals surface area contributed by atoms with E-state index in [1.807, 2.05) is 19.1 Å². The van der Waals surface area contributed by atoms with Gasteiger partial charge in [0.15, 0.2) is 0 Å². The normalized spacial score (nSPS) is 10.7. The lowest BCUT2D eigenvalue weighted by molar-refractivity contribution is 0.312. The van der Waals surface area contributed by atoms with Gasteiger partial charge in [0.25, 0.3) is 0 Å². The van der Waals surface area contributed by atoms with Crippen molar-refractivity contribution in [2.75, 3.05) is 13.2 Å². The van der Waals surface area contributed by atoms with Crippen molar-refractivity contribution < 1.29 is 4.74 Å². The molecule has 0 saturated carbocycles. The van der Waals surface area contributed by atoms with Crippen LogP contribution in [-0.4, -0.2) is 23.1 Å². The molecule has 14 heavy (non-hydrogen) atoms. The van der Waals surface area contributed by atoms with Gasteiger partial charge in [-0.2, -0.15) is 0 Å². The first kappa shape index (κ1) is 10.7. The zero-order valence-electron chi connectivity index (χ0n) is 8.31. The van der Waals surface area contributed by atoms with Crippen LogP contribution in [0.15, 0.2) is 18.5 Å². The van der Waals surface area contributed by atoms with Crippen molar-refractivity contribution in [3.63, 3.8) is 0 Å². The van der Waals surface area contributed by atoms with E-state index in [-0.39, 0.29) is 0 Å². The van der Waals surface area contributed by atoms with Crippen LogP contribution in [0.2, 0.25) is 0 Å². The highest BCUT2D eigenvalue weighted by atomic mass is 16.5. The molecule has 4 nitrogen and oxygen atoms in total. The van der Waals surface area contributed by atoms with Crippen molar-refractivity contribution in [1.29, 1.82) is 0 Å². The first-order valence-electron chi connectivity index (χ1n) is 4.68. The van der Waals surface area contributed by atoms with Gasteiger partial charge in [-0.15, -0.1) is 0 Å². The first-order valence-corrected chi connectivity index (χ1v) is 4.68. The van der Waals surface area contributed by atoms with Gasteiger partial charge in [0.05, 0.1) is 6.61 Å². The molecule has 0 fully saturated rings. The van der Waals surface area contributed by atoms with Gasteiger partial charge in [0.1, 0.15) is 0 Å². The van der Waals surface area contributed by atoms with Crippen molar-refractivity contribution in [1.82, 2.24) is 9.97 Å². The van der Waals surface area contributed by atoms with Crippen molar-refractivity contribution in [3.8, 4) is 6.01 Å². The number of nitrogens with zero attached hydrogens (tertiary/aromatic N) is 2. The van der Waals surface area contributed by atoms with Crippen LogP contribution in [-0.2, 0) is 0 Å². The van der Waals surface area contributed by atoms with Crippen molar-refractivity contribution >= 4 is 6.08 Å². The number of hydrogen-bond donors (Lipinski definition) is 1. The Kier molecular flexibility index (Phi) is 4.64. The molecule has 1 rings (SSSR count). The Morgan fingerprint density at radius 3 is 2.71 bits per heavy atom. The lowest BCUT2D eigenvalue weighted by Gasteiger charge is -1.99. The fraction of sp³-hybridized carbons (Fsp3) is 0.400. The van der Waals surface area contributed by atoms with Crippen molar-refractivity contribution in [3.05, 3.63) is 24.0 Å². The van der Waals surface area contributed by atoms with E-state index in [9.17, 15) is 0 Å². The highest BCUT2D eigenvalue weighted by Crippen LogP contribution is 2.04. The lowest BCUT2D eigenvalue weighted by Crippen LogP contribution is -1.97. The first-order chi connectivity index (χ1) is 6.86. The third-order valence-electron chi connectivity index (χ3n) is 1.57. The molecule has 76 valence electrons. The van der Waals surface area contributed by atoms with E-state index in [2.05, 4.69) is 9.97 Å². The Morgan fingerprint density at radius 2 is 2.14 bits per heavy atom. The minimum atomic E-state index is 0.420. The Bertz CT molecular complexity index is 282. The fourth-order valence-corrected chi connectivity index (χ4v) is 0.932. The average molecular weight is 193 g/mol. The van der Waals surface area contributed by atoms with Gasteiger partial charge in [0, 0.05) is 18.0 Å². The highest BCUT2D eigenvalue weighted by molar-refractivity contribution is 5.46. The van der Waals surface area contributed by atoms with Gasteiger partial charge in [-0.1, -0.05) is 12.2 Å². The van der Waals surface area contributed by atoms with Crippen LogP contribution in [0.1, 0.15) is 18.9 Å². The smallest absolute Gasteiger partial charge is 0.316 e. The van der Waals surface area contributed by atoms with Crippen molar-refractivity contribution in [2.45, 2.75) is 13.3 Å². The van der Waals surface area contributed by atoms with Crippen LogP contribution in [0.5, 0.6) is 6.01 Å². The van der Waals surface area contributed by atoms with E-state index < -0.39 is 0 Å². The summed E-state index contributed by atoms with van der Waals surface area (Å²) in [5, 5.41) is 0. The Hall–Kier alpha value is -1.42. The number of nitrogens with two attached hydrogens (primary N) is 1. The summed E-state index contributed by atoms with van der Waals surface area (Å²) in [6.45, 7) is 3.15. The quantitative estimate of drug-likeness (QED) is 0.764. The number of ether oxygens (including phenoxy) is 1. The van der Waals surface area contributed by atoms with E-state index in [4.69, 9.17) is 10.5 Å². The zero-order valence-corrected chi connectivity index (χ0v) is 8.31. The largest absolute Gasteiger partial charge is 0.464 e. The summed E-state index contributed by atoms with van der Waals surface area (Å²) >= 11 is 0. The third-order valence-corrected chi connectivity index (χ3v) is 1.57. The Balaban J connectivity index is 2.54. The molecule has 0 aliphatic carbocycles.